The summed E-state index contributed by atoms with van der Waals surface area (Å²) in [7, 11) is 1.64. The largest absolute Gasteiger partial charge is 0.488 e. The van der Waals surface area contributed by atoms with Gasteiger partial charge in [0.2, 0.25) is 0 Å². The van der Waals surface area contributed by atoms with Crippen molar-refractivity contribution in [2.24, 2.45) is 21.2 Å². The summed E-state index contributed by atoms with van der Waals surface area (Å²) < 4.78 is 5.83. The van der Waals surface area contributed by atoms with Crippen molar-refractivity contribution in [3.05, 3.63) is 47.7 Å². The van der Waals surface area contributed by atoms with E-state index in [4.69, 9.17) is 10.6 Å². The number of carbonyl (C=O) groups is 1. The molecule has 1 amide bonds. The second-order valence-electron chi connectivity index (χ2n) is 7.21. The van der Waals surface area contributed by atoms with Crippen LogP contribution in [-0.4, -0.2) is 54.9 Å². The van der Waals surface area contributed by atoms with E-state index in [1.807, 2.05) is 35.2 Å². The summed E-state index contributed by atoms with van der Waals surface area (Å²) >= 11 is 0. The molecule has 0 spiro atoms. The summed E-state index contributed by atoms with van der Waals surface area (Å²) in [6, 6.07) is 9.57. The topological polar surface area (TPSA) is 109 Å². The lowest BCUT2D eigenvalue weighted by molar-refractivity contribution is 0.0723. The van der Waals surface area contributed by atoms with Gasteiger partial charge in [-0.3, -0.25) is 9.79 Å². The molecule has 1 aromatic heterocycles. The molecule has 9 nitrogen and oxygen atoms in total. The Hall–Kier alpha value is -3.49. The molecule has 2 aromatic rings. The number of fused-ring (bicyclic) bond motifs is 1. The van der Waals surface area contributed by atoms with Crippen LogP contribution in [0.1, 0.15) is 35.2 Å². The van der Waals surface area contributed by atoms with Crippen molar-refractivity contribution in [2.45, 2.75) is 19.3 Å². The Morgan fingerprint density at radius 3 is 2.57 bits per heavy atom. The summed E-state index contributed by atoms with van der Waals surface area (Å²) in [6.07, 6.45) is 4.95. The third kappa shape index (κ3) is 3.96. The standard InChI is InChI=1S/C21H25N7O2/c1-23-19(25-26-22)15-5-7-17(8-6-15)28-11-12-30-18-13-16(14-24-20(18)28)21(29)27-9-3-2-4-10-27/h5-8,13-14H,2-4,9-12H2,1H3,(H2,22,23,25). The van der Waals surface area contributed by atoms with Crippen LogP contribution in [0.25, 0.3) is 0 Å². The molecule has 3 heterocycles. The monoisotopic (exact) mass is 407 g/mol. The zero-order chi connectivity index (χ0) is 20.9. The number of amides is 1. The highest BCUT2D eigenvalue weighted by molar-refractivity contribution is 5.99. The molecule has 2 aliphatic heterocycles. The molecule has 9 heteroatoms. The predicted molar refractivity (Wildman–Crippen MR) is 114 cm³/mol. The van der Waals surface area contributed by atoms with Crippen LogP contribution in [-0.2, 0) is 0 Å². The fraction of sp³-hybridized carbons (Fsp3) is 0.381. The van der Waals surface area contributed by atoms with Crippen molar-refractivity contribution < 1.29 is 9.53 Å². The van der Waals surface area contributed by atoms with E-state index in [-0.39, 0.29) is 5.91 Å². The van der Waals surface area contributed by atoms with E-state index < -0.39 is 0 Å². The van der Waals surface area contributed by atoms with E-state index in [2.05, 4.69) is 25.2 Å². The molecule has 156 valence electrons. The number of rotatable bonds is 3. The van der Waals surface area contributed by atoms with Crippen molar-refractivity contribution in [1.82, 2.24) is 9.88 Å². The van der Waals surface area contributed by atoms with E-state index in [1.165, 1.54) is 6.42 Å². The van der Waals surface area contributed by atoms with Gasteiger partial charge in [0, 0.05) is 37.6 Å². The lowest BCUT2D eigenvalue weighted by atomic mass is 10.1. The van der Waals surface area contributed by atoms with Crippen LogP contribution >= 0.6 is 0 Å². The first kappa shape index (κ1) is 19.8. The van der Waals surface area contributed by atoms with E-state index in [9.17, 15) is 4.79 Å². The highest BCUT2D eigenvalue weighted by Gasteiger charge is 2.25. The number of amidine groups is 1. The summed E-state index contributed by atoms with van der Waals surface area (Å²) in [5.41, 5.74) is 2.36. The van der Waals surface area contributed by atoms with Gasteiger partial charge < -0.3 is 20.4 Å². The van der Waals surface area contributed by atoms with Gasteiger partial charge in [0.05, 0.1) is 12.1 Å². The molecule has 4 rings (SSSR count). The number of piperidine rings is 1. The average Bonchev–Trinajstić information content (AvgIpc) is 2.82. The Labute approximate surface area is 175 Å². The Morgan fingerprint density at radius 2 is 1.87 bits per heavy atom. The van der Waals surface area contributed by atoms with Gasteiger partial charge in [-0.25, -0.2) is 4.98 Å². The fourth-order valence-electron chi connectivity index (χ4n) is 3.82. The highest BCUT2D eigenvalue weighted by atomic mass is 16.5. The first-order valence-corrected chi connectivity index (χ1v) is 10.1. The fourth-order valence-corrected chi connectivity index (χ4v) is 3.82. The van der Waals surface area contributed by atoms with Gasteiger partial charge in [-0.05, 0) is 49.6 Å². The molecule has 2 N–H and O–H groups in total. The van der Waals surface area contributed by atoms with Crippen LogP contribution in [0.3, 0.4) is 0 Å². The maximum absolute atomic E-state index is 12.8. The third-order valence-electron chi connectivity index (χ3n) is 5.35. The number of pyridine rings is 1. The first-order chi connectivity index (χ1) is 14.7. The maximum atomic E-state index is 12.8. The van der Waals surface area contributed by atoms with E-state index >= 15 is 0 Å². The maximum Gasteiger partial charge on any atom is 0.255 e. The van der Waals surface area contributed by atoms with Gasteiger partial charge in [-0.2, -0.15) is 0 Å². The summed E-state index contributed by atoms with van der Waals surface area (Å²) in [6.45, 7) is 2.79. The zero-order valence-electron chi connectivity index (χ0n) is 17.0. The van der Waals surface area contributed by atoms with Crippen LogP contribution in [0.2, 0.25) is 0 Å². The van der Waals surface area contributed by atoms with Gasteiger partial charge in [-0.15, -0.1) is 5.11 Å². The predicted octanol–water partition coefficient (Wildman–Crippen LogP) is 2.94. The number of ether oxygens (including phenoxy) is 1. The minimum atomic E-state index is 0.0236. The summed E-state index contributed by atoms with van der Waals surface area (Å²) in [4.78, 5) is 25.4. The van der Waals surface area contributed by atoms with Crippen LogP contribution in [0, 0.1) is 0 Å². The Morgan fingerprint density at radius 1 is 1.10 bits per heavy atom. The molecule has 30 heavy (non-hydrogen) atoms. The molecule has 0 bridgehead atoms. The molecule has 2 aliphatic rings. The lowest BCUT2D eigenvalue weighted by Crippen LogP contribution is -2.36. The Balaban J connectivity index is 1.57. The molecule has 0 saturated carbocycles. The molecule has 0 unspecified atom stereocenters. The Bertz CT molecular complexity index is 966. The van der Waals surface area contributed by atoms with Crippen LogP contribution < -0.4 is 15.5 Å². The van der Waals surface area contributed by atoms with E-state index in [0.29, 0.717) is 36.1 Å². The number of carbonyl (C=O) groups excluding carboxylic acids is 1. The van der Waals surface area contributed by atoms with Crippen molar-refractivity contribution >= 4 is 23.2 Å². The molecule has 1 aromatic carbocycles. The van der Waals surface area contributed by atoms with E-state index in [1.54, 1.807) is 13.2 Å². The summed E-state index contributed by atoms with van der Waals surface area (Å²) in [5, 5.41) is 7.13. The molecular formula is C21H25N7O2. The van der Waals surface area contributed by atoms with Gasteiger partial charge in [0.15, 0.2) is 17.4 Å². The molecular weight excluding hydrogens is 382 g/mol. The van der Waals surface area contributed by atoms with Crippen LogP contribution in [0.4, 0.5) is 11.5 Å². The molecule has 1 fully saturated rings. The SMILES string of the molecule is CN=C(N=NN)c1ccc(N2CCOc3cc(C(=O)N4CCCCC4)cnc32)cc1. The smallest absolute Gasteiger partial charge is 0.255 e. The first-order valence-electron chi connectivity index (χ1n) is 10.1. The second kappa shape index (κ2) is 8.89. The summed E-state index contributed by atoms with van der Waals surface area (Å²) in [5.74, 6) is 6.96. The zero-order valence-corrected chi connectivity index (χ0v) is 17.0. The van der Waals surface area contributed by atoms with Crippen molar-refractivity contribution in [1.29, 1.82) is 0 Å². The average molecular weight is 407 g/mol. The molecule has 0 atom stereocenters. The second-order valence-corrected chi connectivity index (χ2v) is 7.21. The third-order valence-corrected chi connectivity index (χ3v) is 5.35. The van der Waals surface area contributed by atoms with Crippen LogP contribution in [0.5, 0.6) is 5.75 Å². The van der Waals surface area contributed by atoms with Crippen LogP contribution in [0.15, 0.2) is 51.9 Å². The molecule has 0 radical (unpaired) electrons. The number of aliphatic imine (C=N–C) groups is 1. The van der Waals surface area contributed by atoms with E-state index in [0.717, 1.165) is 37.2 Å². The van der Waals surface area contributed by atoms with Gasteiger partial charge >= 0.3 is 0 Å². The number of hydrogen-bond donors (Lipinski definition) is 1. The quantitative estimate of drug-likeness (QED) is 0.277. The number of aromatic nitrogens is 1. The number of nitrogens with two attached hydrogens (primary N) is 1. The number of benzene rings is 1. The number of hydrogen-bond acceptors (Lipinski definition) is 6. The minimum absolute atomic E-state index is 0.0236. The van der Waals surface area contributed by atoms with Crippen molar-refractivity contribution in [3.8, 4) is 5.75 Å². The van der Waals surface area contributed by atoms with Crippen molar-refractivity contribution in [3.63, 3.8) is 0 Å². The normalized spacial score (nSPS) is 17.0. The van der Waals surface area contributed by atoms with Gasteiger partial charge in [0.1, 0.15) is 6.61 Å². The lowest BCUT2D eigenvalue weighted by Gasteiger charge is -2.31. The molecule has 0 aliphatic carbocycles. The number of likely N-dealkylation sites (tertiary alicyclic amines) is 1. The van der Waals surface area contributed by atoms with Crippen molar-refractivity contribution in [2.75, 3.05) is 38.2 Å². The number of nitrogens with zero attached hydrogens (tertiary/aromatic N) is 6. The van der Waals surface area contributed by atoms with Gasteiger partial charge in [-0.1, -0.05) is 5.22 Å². The molecule has 1 saturated heterocycles. The minimum Gasteiger partial charge on any atom is -0.488 e. The Kier molecular flexibility index (Phi) is 5.87. The van der Waals surface area contributed by atoms with Gasteiger partial charge in [0.25, 0.3) is 5.91 Å². The number of anilines is 2. The highest BCUT2D eigenvalue weighted by Crippen LogP contribution is 2.35.